The molecule has 2 N–H and O–H groups in total. The Bertz CT molecular complexity index is 405. The van der Waals surface area contributed by atoms with Crippen LogP contribution in [0.4, 0.5) is 5.82 Å². The molecule has 1 aliphatic heterocycles. The Morgan fingerprint density at radius 3 is 2.83 bits per heavy atom. The molecule has 100 valence electrons. The van der Waals surface area contributed by atoms with Crippen molar-refractivity contribution in [2.45, 2.75) is 32.9 Å². The van der Waals surface area contributed by atoms with E-state index in [-0.39, 0.29) is 0 Å². The highest BCUT2D eigenvalue weighted by Crippen LogP contribution is 2.21. The number of aryl methyl sites for hydroxylation is 1. The molecule has 0 aliphatic carbocycles. The van der Waals surface area contributed by atoms with Crippen molar-refractivity contribution in [1.29, 1.82) is 0 Å². The summed E-state index contributed by atoms with van der Waals surface area (Å²) in [4.78, 5) is 9.44. The molecule has 1 fully saturated rings. The number of hydrogen-bond donors (Lipinski definition) is 1. The molecule has 18 heavy (non-hydrogen) atoms. The number of piperazine rings is 1. The lowest BCUT2D eigenvalue weighted by molar-refractivity contribution is 0.213. The SMILES string of the molecule is CCC1CN(c2ncc(CN)cc2C)CCN1C. The van der Waals surface area contributed by atoms with Crippen LogP contribution in [-0.4, -0.2) is 42.6 Å². The van der Waals surface area contributed by atoms with Crippen LogP contribution in [0.15, 0.2) is 12.3 Å². The van der Waals surface area contributed by atoms with Gasteiger partial charge in [0.25, 0.3) is 0 Å². The molecule has 2 rings (SSSR count). The molecule has 0 bridgehead atoms. The van der Waals surface area contributed by atoms with Gasteiger partial charge in [-0.2, -0.15) is 0 Å². The zero-order chi connectivity index (χ0) is 13.1. The van der Waals surface area contributed by atoms with Crippen LogP contribution >= 0.6 is 0 Å². The highest BCUT2D eigenvalue weighted by atomic mass is 15.3. The zero-order valence-electron chi connectivity index (χ0n) is 11.7. The molecular formula is C14H24N4. The number of anilines is 1. The van der Waals surface area contributed by atoms with Crippen molar-refractivity contribution < 1.29 is 0 Å². The summed E-state index contributed by atoms with van der Waals surface area (Å²) in [5, 5.41) is 0. The van der Waals surface area contributed by atoms with Crippen molar-refractivity contribution in [3.63, 3.8) is 0 Å². The first kappa shape index (κ1) is 13.3. The van der Waals surface area contributed by atoms with Crippen LogP contribution in [0.2, 0.25) is 0 Å². The number of nitrogens with zero attached hydrogens (tertiary/aromatic N) is 3. The number of pyridine rings is 1. The molecule has 0 aromatic carbocycles. The lowest BCUT2D eigenvalue weighted by atomic mass is 10.1. The third kappa shape index (κ3) is 2.65. The number of aromatic nitrogens is 1. The number of likely N-dealkylation sites (N-methyl/N-ethyl adjacent to an activating group) is 1. The molecule has 2 heterocycles. The summed E-state index contributed by atoms with van der Waals surface area (Å²) in [5.74, 6) is 1.12. The molecule has 1 atom stereocenters. The second-order valence-electron chi connectivity index (χ2n) is 5.18. The van der Waals surface area contributed by atoms with Gasteiger partial charge < -0.3 is 10.6 Å². The average molecular weight is 248 g/mol. The van der Waals surface area contributed by atoms with Crippen LogP contribution in [0.25, 0.3) is 0 Å². The maximum absolute atomic E-state index is 5.65. The Balaban J connectivity index is 2.16. The van der Waals surface area contributed by atoms with Crippen molar-refractivity contribution in [3.8, 4) is 0 Å². The second kappa shape index (κ2) is 5.67. The van der Waals surface area contributed by atoms with E-state index >= 15 is 0 Å². The molecule has 0 amide bonds. The van der Waals surface area contributed by atoms with Crippen LogP contribution in [0.1, 0.15) is 24.5 Å². The molecule has 4 nitrogen and oxygen atoms in total. The normalized spacial score (nSPS) is 21.3. The minimum absolute atomic E-state index is 0.564. The Kier molecular flexibility index (Phi) is 4.19. The average Bonchev–Trinajstić information content (AvgIpc) is 2.39. The fourth-order valence-corrected chi connectivity index (χ4v) is 2.65. The van der Waals surface area contributed by atoms with E-state index in [4.69, 9.17) is 5.73 Å². The van der Waals surface area contributed by atoms with Crippen molar-refractivity contribution in [2.75, 3.05) is 31.6 Å². The van der Waals surface area contributed by atoms with Gasteiger partial charge in [0.05, 0.1) is 0 Å². The van der Waals surface area contributed by atoms with Crippen LogP contribution < -0.4 is 10.6 Å². The Morgan fingerprint density at radius 2 is 2.22 bits per heavy atom. The Hall–Kier alpha value is -1.13. The monoisotopic (exact) mass is 248 g/mol. The van der Waals surface area contributed by atoms with Crippen LogP contribution in [-0.2, 0) is 6.54 Å². The van der Waals surface area contributed by atoms with Crippen molar-refractivity contribution in [1.82, 2.24) is 9.88 Å². The topological polar surface area (TPSA) is 45.4 Å². The van der Waals surface area contributed by atoms with Gasteiger partial charge in [-0.3, -0.25) is 4.90 Å². The predicted octanol–water partition coefficient (Wildman–Crippen LogP) is 1.38. The van der Waals surface area contributed by atoms with E-state index in [9.17, 15) is 0 Å². The summed E-state index contributed by atoms with van der Waals surface area (Å²) < 4.78 is 0. The van der Waals surface area contributed by atoms with Gasteiger partial charge in [-0.15, -0.1) is 0 Å². The van der Waals surface area contributed by atoms with Crippen molar-refractivity contribution in [2.24, 2.45) is 5.73 Å². The summed E-state index contributed by atoms with van der Waals surface area (Å²) in [7, 11) is 2.21. The largest absolute Gasteiger partial charge is 0.354 e. The summed E-state index contributed by atoms with van der Waals surface area (Å²) in [6.07, 6.45) is 3.09. The summed E-state index contributed by atoms with van der Waals surface area (Å²) in [6.45, 7) is 8.18. The number of hydrogen-bond acceptors (Lipinski definition) is 4. The molecule has 1 aliphatic rings. The molecule has 1 saturated heterocycles. The zero-order valence-corrected chi connectivity index (χ0v) is 11.7. The molecule has 4 heteroatoms. The van der Waals surface area contributed by atoms with Crippen LogP contribution in [0.3, 0.4) is 0 Å². The van der Waals surface area contributed by atoms with E-state index < -0.39 is 0 Å². The van der Waals surface area contributed by atoms with Crippen LogP contribution in [0, 0.1) is 6.92 Å². The van der Waals surface area contributed by atoms with E-state index in [1.165, 1.54) is 12.0 Å². The Labute approximate surface area is 110 Å². The summed E-state index contributed by atoms with van der Waals surface area (Å²) >= 11 is 0. The maximum atomic E-state index is 5.65. The van der Waals surface area contributed by atoms with E-state index in [0.29, 0.717) is 12.6 Å². The predicted molar refractivity (Wildman–Crippen MR) is 75.8 cm³/mol. The van der Waals surface area contributed by atoms with Crippen molar-refractivity contribution >= 4 is 5.82 Å². The highest BCUT2D eigenvalue weighted by molar-refractivity contribution is 5.48. The van der Waals surface area contributed by atoms with Gasteiger partial charge in [-0.1, -0.05) is 6.92 Å². The van der Waals surface area contributed by atoms with E-state index in [2.05, 4.69) is 41.7 Å². The summed E-state index contributed by atoms with van der Waals surface area (Å²) in [5.41, 5.74) is 7.99. The summed E-state index contributed by atoms with van der Waals surface area (Å²) in [6, 6.07) is 2.79. The quantitative estimate of drug-likeness (QED) is 0.878. The highest BCUT2D eigenvalue weighted by Gasteiger charge is 2.24. The number of nitrogens with two attached hydrogens (primary N) is 1. The fourth-order valence-electron chi connectivity index (χ4n) is 2.65. The fraction of sp³-hybridized carbons (Fsp3) is 0.643. The maximum Gasteiger partial charge on any atom is 0.131 e. The van der Waals surface area contributed by atoms with E-state index in [0.717, 1.165) is 31.0 Å². The van der Waals surface area contributed by atoms with Gasteiger partial charge in [0.1, 0.15) is 5.82 Å². The van der Waals surface area contributed by atoms with Crippen molar-refractivity contribution in [3.05, 3.63) is 23.4 Å². The standard InChI is InChI=1S/C14H24N4/c1-4-13-10-18(6-5-17(13)3)14-11(2)7-12(8-15)9-16-14/h7,9,13H,4-6,8,10,15H2,1-3H3. The van der Waals surface area contributed by atoms with Gasteiger partial charge in [-0.05, 0) is 37.6 Å². The molecule has 1 unspecified atom stereocenters. The van der Waals surface area contributed by atoms with Gasteiger partial charge >= 0.3 is 0 Å². The van der Waals surface area contributed by atoms with Gasteiger partial charge in [0, 0.05) is 38.4 Å². The minimum atomic E-state index is 0.564. The molecular weight excluding hydrogens is 224 g/mol. The van der Waals surface area contributed by atoms with Crippen LogP contribution in [0.5, 0.6) is 0 Å². The lowest BCUT2D eigenvalue weighted by Crippen LogP contribution is -2.51. The Morgan fingerprint density at radius 1 is 1.44 bits per heavy atom. The van der Waals surface area contributed by atoms with E-state index in [1.807, 2.05) is 6.20 Å². The van der Waals surface area contributed by atoms with Gasteiger partial charge in [0.15, 0.2) is 0 Å². The lowest BCUT2D eigenvalue weighted by Gasteiger charge is -2.40. The van der Waals surface area contributed by atoms with Gasteiger partial charge in [0.2, 0.25) is 0 Å². The smallest absolute Gasteiger partial charge is 0.131 e. The first-order valence-electron chi connectivity index (χ1n) is 6.76. The molecule has 0 saturated carbocycles. The molecule has 1 aromatic heterocycles. The first-order valence-corrected chi connectivity index (χ1v) is 6.76. The first-order chi connectivity index (χ1) is 8.65. The molecule has 0 spiro atoms. The van der Waals surface area contributed by atoms with Gasteiger partial charge in [-0.25, -0.2) is 4.98 Å². The molecule has 0 radical (unpaired) electrons. The third-order valence-electron chi connectivity index (χ3n) is 3.89. The van der Waals surface area contributed by atoms with E-state index in [1.54, 1.807) is 0 Å². The number of rotatable bonds is 3. The third-order valence-corrected chi connectivity index (χ3v) is 3.89. The second-order valence-corrected chi connectivity index (χ2v) is 5.18. The molecule has 1 aromatic rings. The minimum Gasteiger partial charge on any atom is -0.354 e.